The summed E-state index contributed by atoms with van der Waals surface area (Å²) >= 11 is 0. The first-order chi connectivity index (χ1) is 19.6. The predicted molar refractivity (Wildman–Crippen MR) is 160 cm³/mol. The lowest BCUT2D eigenvalue weighted by Gasteiger charge is -2.38. The first-order valence-corrected chi connectivity index (χ1v) is 15.1. The summed E-state index contributed by atoms with van der Waals surface area (Å²) in [6, 6.07) is 19.7. The summed E-state index contributed by atoms with van der Waals surface area (Å²) in [6.07, 6.45) is 12.9. The molecule has 3 aromatic rings. The summed E-state index contributed by atoms with van der Waals surface area (Å²) in [6.45, 7) is 7.05. The lowest BCUT2D eigenvalue weighted by atomic mass is 9.72. The van der Waals surface area contributed by atoms with E-state index in [4.69, 9.17) is 9.47 Å². The number of benzene rings is 3. The molecule has 1 saturated carbocycles. The molecule has 4 heteroatoms. The zero-order valence-corrected chi connectivity index (χ0v) is 23.7. The molecular weight excluding hydrogens is 502 g/mol. The Balaban J connectivity index is 1.16. The van der Waals surface area contributed by atoms with Gasteiger partial charge in [-0.05, 0) is 110 Å². The summed E-state index contributed by atoms with van der Waals surface area (Å²) in [5.74, 6) is 0.309. The van der Waals surface area contributed by atoms with Crippen LogP contribution in [0.3, 0.4) is 0 Å². The average Bonchev–Trinajstić information content (AvgIpc) is 3.01. The van der Waals surface area contributed by atoms with Crippen LogP contribution in [0.1, 0.15) is 76.2 Å². The van der Waals surface area contributed by atoms with Crippen molar-refractivity contribution in [3.05, 3.63) is 90.5 Å². The Labute approximate surface area is 238 Å². The highest BCUT2D eigenvalue weighted by Crippen LogP contribution is 2.42. The van der Waals surface area contributed by atoms with E-state index in [-0.39, 0.29) is 11.3 Å². The van der Waals surface area contributed by atoms with Gasteiger partial charge < -0.3 is 9.47 Å². The molecule has 1 saturated heterocycles. The van der Waals surface area contributed by atoms with Crippen LogP contribution >= 0.6 is 0 Å². The van der Waals surface area contributed by atoms with Crippen LogP contribution in [0.15, 0.2) is 73.3 Å². The second-order valence-electron chi connectivity index (χ2n) is 11.6. The third-order valence-corrected chi connectivity index (χ3v) is 8.96. The fraction of sp³-hybridized carbons (Fsp3) is 0.444. The van der Waals surface area contributed by atoms with E-state index in [1.807, 2.05) is 37.3 Å². The van der Waals surface area contributed by atoms with E-state index in [1.165, 1.54) is 50.2 Å². The molecular formula is C36H42F2O2. The Morgan fingerprint density at radius 3 is 2.08 bits per heavy atom. The average molecular weight is 545 g/mol. The molecule has 2 aliphatic rings. The molecule has 0 bridgehead atoms. The van der Waals surface area contributed by atoms with Crippen LogP contribution in [-0.2, 0) is 4.74 Å². The van der Waals surface area contributed by atoms with Crippen molar-refractivity contribution in [1.82, 2.24) is 0 Å². The van der Waals surface area contributed by atoms with Gasteiger partial charge >= 0.3 is 0 Å². The van der Waals surface area contributed by atoms with Crippen LogP contribution < -0.4 is 4.74 Å². The lowest BCUT2D eigenvalue weighted by molar-refractivity contribution is -0.0401. The number of ether oxygens (including phenoxy) is 2. The summed E-state index contributed by atoms with van der Waals surface area (Å²) in [5.41, 5.74) is 4.50. The van der Waals surface area contributed by atoms with E-state index in [2.05, 4.69) is 30.8 Å². The molecule has 0 aromatic heterocycles. The lowest BCUT2D eigenvalue weighted by Crippen LogP contribution is -2.32. The van der Waals surface area contributed by atoms with Crippen LogP contribution in [-0.4, -0.2) is 19.3 Å². The van der Waals surface area contributed by atoms with Crippen molar-refractivity contribution >= 4 is 0 Å². The maximum absolute atomic E-state index is 14.7. The maximum Gasteiger partial charge on any atom is 0.201 e. The molecule has 0 N–H and O–H groups in total. The Morgan fingerprint density at radius 2 is 1.45 bits per heavy atom. The van der Waals surface area contributed by atoms with Crippen molar-refractivity contribution in [3.63, 3.8) is 0 Å². The van der Waals surface area contributed by atoms with Gasteiger partial charge in [0.15, 0.2) is 11.6 Å². The number of hydrogen-bond donors (Lipinski definition) is 0. The van der Waals surface area contributed by atoms with Gasteiger partial charge in [0, 0.05) is 5.56 Å². The Morgan fingerprint density at radius 1 is 0.800 bits per heavy atom. The molecule has 0 amide bonds. The first-order valence-electron chi connectivity index (χ1n) is 15.1. The molecule has 1 aliphatic carbocycles. The molecule has 5 rings (SSSR count). The smallest absolute Gasteiger partial charge is 0.201 e. The first kappa shape index (κ1) is 28.5. The van der Waals surface area contributed by atoms with E-state index >= 15 is 0 Å². The SMILES string of the molecule is C=CCCC1CCC(C2CCC(c3ccc(-c4ccc(-c5ccc(OCCC)c(F)c5F)cc4)cc3)CC2)CO1. The molecule has 2 atom stereocenters. The van der Waals surface area contributed by atoms with Crippen molar-refractivity contribution in [1.29, 1.82) is 0 Å². The highest BCUT2D eigenvalue weighted by Gasteiger charge is 2.31. The monoisotopic (exact) mass is 544 g/mol. The van der Waals surface area contributed by atoms with E-state index < -0.39 is 11.6 Å². The molecule has 3 aromatic carbocycles. The van der Waals surface area contributed by atoms with E-state index in [0.717, 1.165) is 48.8 Å². The van der Waals surface area contributed by atoms with E-state index in [9.17, 15) is 8.78 Å². The predicted octanol–water partition coefficient (Wildman–Crippen LogP) is 10.1. The minimum Gasteiger partial charge on any atom is -0.490 e. The van der Waals surface area contributed by atoms with E-state index in [0.29, 0.717) is 24.2 Å². The van der Waals surface area contributed by atoms with Crippen molar-refractivity contribution in [2.24, 2.45) is 11.8 Å². The van der Waals surface area contributed by atoms with Gasteiger partial charge in [-0.1, -0.05) is 61.5 Å². The van der Waals surface area contributed by atoms with Gasteiger partial charge in [0.05, 0.1) is 19.3 Å². The summed E-state index contributed by atoms with van der Waals surface area (Å²) in [4.78, 5) is 0. The van der Waals surface area contributed by atoms with Crippen molar-refractivity contribution in [3.8, 4) is 28.0 Å². The zero-order valence-electron chi connectivity index (χ0n) is 23.7. The molecule has 1 aliphatic heterocycles. The van der Waals surface area contributed by atoms with Crippen molar-refractivity contribution in [2.75, 3.05) is 13.2 Å². The van der Waals surface area contributed by atoms with Gasteiger partial charge in [-0.15, -0.1) is 6.58 Å². The fourth-order valence-corrected chi connectivity index (χ4v) is 6.52. The Kier molecular flexibility index (Phi) is 9.70. The Bertz CT molecular complexity index is 1240. The molecule has 40 heavy (non-hydrogen) atoms. The van der Waals surface area contributed by atoms with Crippen LogP contribution in [0, 0.1) is 23.5 Å². The van der Waals surface area contributed by atoms with Crippen LogP contribution in [0.5, 0.6) is 5.75 Å². The zero-order chi connectivity index (χ0) is 27.9. The third-order valence-electron chi connectivity index (χ3n) is 8.96. The van der Waals surface area contributed by atoms with Crippen LogP contribution in [0.2, 0.25) is 0 Å². The van der Waals surface area contributed by atoms with Crippen LogP contribution in [0.4, 0.5) is 8.78 Å². The van der Waals surface area contributed by atoms with Gasteiger partial charge in [-0.3, -0.25) is 0 Å². The van der Waals surface area contributed by atoms with Crippen molar-refractivity contribution < 1.29 is 18.3 Å². The maximum atomic E-state index is 14.7. The molecule has 0 spiro atoms. The summed E-state index contributed by atoms with van der Waals surface area (Å²) in [5, 5.41) is 0. The highest BCUT2D eigenvalue weighted by molar-refractivity contribution is 5.71. The summed E-state index contributed by atoms with van der Waals surface area (Å²) < 4.78 is 40.7. The fourth-order valence-electron chi connectivity index (χ4n) is 6.52. The minimum absolute atomic E-state index is 0.0376. The van der Waals surface area contributed by atoms with Gasteiger partial charge in [0.2, 0.25) is 5.82 Å². The van der Waals surface area contributed by atoms with Gasteiger partial charge in [-0.2, -0.15) is 4.39 Å². The normalized spacial score (nSPS) is 23.1. The van der Waals surface area contributed by atoms with Crippen molar-refractivity contribution in [2.45, 2.75) is 76.7 Å². The second-order valence-corrected chi connectivity index (χ2v) is 11.6. The quantitative estimate of drug-likeness (QED) is 0.236. The topological polar surface area (TPSA) is 18.5 Å². The molecule has 0 radical (unpaired) electrons. The van der Waals surface area contributed by atoms with Gasteiger partial charge in [0.1, 0.15) is 0 Å². The minimum atomic E-state index is -0.931. The van der Waals surface area contributed by atoms with E-state index in [1.54, 1.807) is 6.07 Å². The molecule has 1 heterocycles. The number of allylic oxidation sites excluding steroid dienone is 1. The van der Waals surface area contributed by atoms with Crippen LogP contribution in [0.25, 0.3) is 22.3 Å². The summed E-state index contributed by atoms with van der Waals surface area (Å²) in [7, 11) is 0. The standard InChI is InChI=1S/C36H42F2O2/c1-3-5-6-32-20-19-31(24-40-32)29-13-11-27(12-14-29)25-7-9-26(10-8-25)28-15-17-30(18-16-28)33-21-22-34(39-23-4-2)36(38)35(33)37/h3,7-10,15-18,21-22,27,29,31-32H,1,4-6,11-14,19-20,23-24H2,2H3. The number of halogens is 2. The largest absolute Gasteiger partial charge is 0.490 e. The molecule has 212 valence electrons. The number of rotatable bonds is 10. The Hall–Kier alpha value is -2.98. The number of hydrogen-bond acceptors (Lipinski definition) is 2. The van der Waals surface area contributed by atoms with Gasteiger partial charge in [-0.25, -0.2) is 4.39 Å². The molecule has 2 fully saturated rings. The second kappa shape index (κ2) is 13.6. The highest BCUT2D eigenvalue weighted by atomic mass is 19.2. The molecule has 2 nitrogen and oxygen atoms in total. The molecule has 2 unspecified atom stereocenters. The van der Waals surface area contributed by atoms with Gasteiger partial charge in [0.25, 0.3) is 0 Å². The third kappa shape index (κ3) is 6.66.